The third-order valence-electron chi connectivity index (χ3n) is 16.0. The number of nitrogens with two attached hydrogens (primary N) is 1. The molecule has 9 nitrogen and oxygen atoms in total. The molecule has 87 heavy (non-hydrogen) atoms. The van der Waals surface area contributed by atoms with Gasteiger partial charge in [-0.2, -0.15) is 0 Å². The SMILES string of the molecule is CC/C=C\C/C=C\C/C=C\C/C=C\C/C=C\CCCCCCCCCCCCCCCC(=O)OC(COC(=O)CCCCCCCCCCCCCCCCCCCCCCCC/C=C\C/C=C\C/C=C\CCCCCCC)COP(=O)(O)OCCN. The summed E-state index contributed by atoms with van der Waals surface area (Å²) in [4.78, 5) is 35.4. The number of esters is 2. The highest BCUT2D eigenvalue weighted by molar-refractivity contribution is 7.47. The fourth-order valence-electron chi connectivity index (χ4n) is 10.6. The van der Waals surface area contributed by atoms with Crippen molar-refractivity contribution in [2.24, 2.45) is 5.73 Å². The zero-order valence-corrected chi connectivity index (χ0v) is 57.6. The van der Waals surface area contributed by atoms with Crippen LogP contribution in [0.25, 0.3) is 0 Å². The normalized spacial score (nSPS) is 13.5. The lowest BCUT2D eigenvalue weighted by Gasteiger charge is -2.19. The number of rotatable bonds is 69. The smallest absolute Gasteiger partial charge is 0.462 e. The molecule has 0 rings (SSSR count). The molecule has 0 saturated heterocycles. The Morgan fingerprint density at radius 3 is 0.943 bits per heavy atom. The molecule has 2 unspecified atom stereocenters. The van der Waals surface area contributed by atoms with E-state index in [-0.39, 0.29) is 38.6 Å². The molecule has 0 aromatic heterocycles. The quantitative estimate of drug-likeness (QED) is 0.0264. The van der Waals surface area contributed by atoms with E-state index in [1.165, 1.54) is 231 Å². The number of carbonyl (C=O) groups is 2. The average Bonchev–Trinajstić information content (AvgIpc) is 3.63. The molecule has 0 amide bonds. The van der Waals surface area contributed by atoms with Crippen LogP contribution in [-0.2, 0) is 32.7 Å². The Balaban J connectivity index is 3.82. The van der Waals surface area contributed by atoms with Crippen molar-refractivity contribution < 1.29 is 37.6 Å². The first kappa shape index (κ1) is 83.9. The van der Waals surface area contributed by atoms with Gasteiger partial charge in [0.15, 0.2) is 6.10 Å². The standard InChI is InChI=1S/C77H138NO8P/c1-3-5-7-9-11-13-15-17-19-21-23-25-27-29-31-33-34-35-36-37-38-39-40-42-43-45-47-49-51-53-55-57-59-61-63-65-67-69-76(79)83-73-75(74-85-87(81,82)84-72-71-78)86-77(80)70-68-66-64-62-60-58-56-54-52-50-48-46-44-41-32-30-28-26-24-22-20-18-16-14-12-10-8-6-4-2/h6,8,12,14-15,17-18,20-21,23-24,26-27,29-30,32,75H,3-5,7,9-11,13,16,19,22,25,28,31,33-74,78H2,1-2H3,(H,81,82)/b8-6-,14-12-,17-15-,20-18-,23-21-,26-24-,29-27-,32-30-. The van der Waals surface area contributed by atoms with Gasteiger partial charge in [0, 0.05) is 19.4 Å². The van der Waals surface area contributed by atoms with E-state index >= 15 is 0 Å². The highest BCUT2D eigenvalue weighted by Gasteiger charge is 2.26. The monoisotopic (exact) mass is 1240 g/mol. The zero-order chi connectivity index (χ0) is 63.0. The number of carbonyl (C=O) groups excluding carboxylic acids is 2. The summed E-state index contributed by atoms with van der Waals surface area (Å²) in [5, 5.41) is 0. The number of ether oxygens (including phenoxy) is 2. The Bertz CT molecular complexity index is 1750. The number of hydrogen-bond acceptors (Lipinski definition) is 8. The molecule has 0 heterocycles. The van der Waals surface area contributed by atoms with E-state index in [0.717, 1.165) is 83.5 Å². The molecule has 0 aliphatic carbocycles. The van der Waals surface area contributed by atoms with Gasteiger partial charge in [-0.1, -0.05) is 336 Å². The van der Waals surface area contributed by atoms with Crippen LogP contribution in [0.15, 0.2) is 97.2 Å². The van der Waals surface area contributed by atoms with Gasteiger partial charge in [0.05, 0.1) is 13.2 Å². The Morgan fingerprint density at radius 1 is 0.356 bits per heavy atom. The lowest BCUT2D eigenvalue weighted by Crippen LogP contribution is -2.29. The molecular formula is C77H138NO8P. The summed E-state index contributed by atoms with van der Waals surface area (Å²) in [6, 6.07) is 0. The molecule has 0 aromatic rings. The predicted molar refractivity (Wildman–Crippen MR) is 376 cm³/mol. The first-order chi connectivity index (χ1) is 42.8. The van der Waals surface area contributed by atoms with Gasteiger partial charge in [-0.15, -0.1) is 0 Å². The van der Waals surface area contributed by atoms with Crippen molar-refractivity contribution in [3.8, 4) is 0 Å². The van der Waals surface area contributed by atoms with Crippen molar-refractivity contribution in [3.05, 3.63) is 97.2 Å². The minimum absolute atomic E-state index is 0.0516. The second-order valence-corrected chi connectivity index (χ2v) is 25.9. The van der Waals surface area contributed by atoms with Gasteiger partial charge in [0.2, 0.25) is 0 Å². The van der Waals surface area contributed by atoms with E-state index in [9.17, 15) is 19.0 Å². The van der Waals surface area contributed by atoms with Gasteiger partial charge in [-0.05, 0) is 96.3 Å². The summed E-state index contributed by atoms with van der Waals surface area (Å²) >= 11 is 0. The van der Waals surface area contributed by atoms with Crippen LogP contribution >= 0.6 is 7.82 Å². The fraction of sp³-hybridized carbons (Fsp3) is 0.766. The van der Waals surface area contributed by atoms with E-state index in [0.29, 0.717) is 6.42 Å². The maximum absolute atomic E-state index is 12.8. The summed E-state index contributed by atoms with van der Waals surface area (Å²) in [5.41, 5.74) is 5.41. The number of hydrogen-bond donors (Lipinski definition) is 2. The van der Waals surface area contributed by atoms with Gasteiger partial charge in [-0.25, -0.2) is 4.57 Å². The molecule has 2 atom stereocenters. The molecule has 3 N–H and O–H groups in total. The molecule has 0 bridgehead atoms. The van der Waals surface area contributed by atoms with Gasteiger partial charge < -0.3 is 20.1 Å². The maximum Gasteiger partial charge on any atom is 0.472 e. The van der Waals surface area contributed by atoms with Crippen molar-refractivity contribution >= 4 is 19.8 Å². The summed E-state index contributed by atoms with van der Waals surface area (Å²) < 4.78 is 33.2. The molecule has 0 aromatic carbocycles. The van der Waals surface area contributed by atoms with Crippen LogP contribution in [0.3, 0.4) is 0 Å². The second-order valence-electron chi connectivity index (χ2n) is 24.4. The minimum Gasteiger partial charge on any atom is -0.462 e. The number of phosphoric ester groups is 1. The molecule has 0 aliphatic heterocycles. The third kappa shape index (κ3) is 71.9. The van der Waals surface area contributed by atoms with Crippen LogP contribution in [0.2, 0.25) is 0 Å². The van der Waals surface area contributed by atoms with Crippen LogP contribution in [0, 0.1) is 0 Å². The Labute approximate surface area is 537 Å². The van der Waals surface area contributed by atoms with Crippen LogP contribution < -0.4 is 5.73 Å². The predicted octanol–water partition coefficient (Wildman–Crippen LogP) is 24.3. The minimum atomic E-state index is -4.40. The Morgan fingerprint density at radius 2 is 0.632 bits per heavy atom. The van der Waals surface area contributed by atoms with E-state index in [1.807, 2.05) is 0 Å². The first-order valence-electron chi connectivity index (χ1n) is 36.7. The van der Waals surface area contributed by atoms with E-state index in [4.69, 9.17) is 24.3 Å². The summed E-state index contributed by atoms with van der Waals surface area (Å²) in [6.45, 7) is 3.66. The summed E-state index contributed by atoms with van der Waals surface area (Å²) in [7, 11) is -4.40. The second kappa shape index (κ2) is 72.0. The highest BCUT2D eigenvalue weighted by Crippen LogP contribution is 2.43. The van der Waals surface area contributed by atoms with Crippen molar-refractivity contribution in [2.75, 3.05) is 26.4 Å². The fourth-order valence-corrected chi connectivity index (χ4v) is 11.3. The van der Waals surface area contributed by atoms with Gasteiger partial charge in [0.1, 0.15) is 6.61 Å². The van der Waals surface area contributed by atoms with Crippen molar-refractivity contribution in [3.63, 3.8) is 0 Å². The number of unbranched alkanes of at least 4 members (excludes halogenated alkanes) is 40. The number of phosphoric acid groups is 1. The maximum atomic E-state index is 12.8. The molecule has 0 radical (unpaired) electrons. The van der Waals surface area contributed by atoms with Gasteiger partial charge in [-0.3, -0.25) is 18.6 Å². The highest BCUT2D eigenvalue weighted by atomic mass is 31.2. The average molecular weight is 1240 g/mol. The lowest BCUT2D eigenvalue weighted by molar-refractivity contribution is -0.161. The molecule has 0 aliphatic rings. The van der Waals surface area contributed by atoms with Crippen molar-refractivity contribution in [1.29, 1.82) is 0 Å². The zero-order valence-electron chi connectivity index (χ0n) is 56.7. The molecule has 504 valence electrons. The van der Waals surface area contributed by atoms with Crippen LogP contribution in [0.1, 0.15) is 348 Å². The van der Waals surface area contributed by atoms with E-state index in [2.05, 4.69) is 111 Å². The first-order valence-corrected chi connectivity index (χ1v) is 38.2. The van der Waals surface area contributed by atoms with Crippen LogP contribution in [-0.4, -0.2) is 49.3 Å². The molecule has 0 fully saturated rings. The molecule has 0 spiro atoms. The van der Waals surface area contributed by atoms with Crippen molar-refractivity contribution in [1.82, 2.24) is 0 Å². The van der Waals surface area contributed by atoms with E-state index < -0.39 is 26.5 Å². The van der Waals surface area contributed by atoms with Crippen molar-refractivity contribution in [2.45, 2.75) is 354 Å². The van der Waals surface area contributed by atoms with Crippen LogP contribution in [0.5, 0.6) is 0 Å². The number of allylic oxidation sites excluding steroid dienone is 16. The molecule has 10 heteroatoms. The lowest BCUT2D eigenvalue weighted by atomic mass is 10.0. The third-order valence-corrected chi connectivity index (χ3v) is 16.9. The molecule has 0 saturated carbocycles. The molecular weight excluding hydrogens is 1100 g/mol. The van der Waals surface area contributed by atoms with Gasteiger partial charge >= 0.3 is 19.8 Å². The Hall–Kier alpha value is -3.07. The van der Waals surface area contributed by atoms with Crippen LogP contribution in [0.4, 0.5) is 0 Å². The largest absolute Gasteiger partial charge is 0.472 e. The van der Waals surface area contributed by atoms with E-state index in [1.54, 1.807) is 0 Å². The Kier molecular flexibility index (Phi) is 69.5. The summed E-state index contributed by atoms with van der Waals surface area (Å²) in [6.07, 6.45) is 98.0. The topological polar surface area (TPSA) is 134 Å². The summed E-state index contributed by atoms with van der Waals surface area (Å²) in [5.74, 6) is -0.817. The van der Waals surface area contributed by atoms with Gasteiger partial charge in [0.25, 0.3) is 0 Å².